The summed E-state index contributed by atoms with van der Waals surface area (Å²) >= 11 is 0. The third kappa shape index (κ3) is 4.46. The highest BCUT2D eigenvalue weighted by Crippen LogP contribution is 2.20. The second-order valence-electron chi connectivity index (χ2n) is 7.96. The second kappa shape index (κ2) is 8.31. The third-order valence-electron chi connectivity index (χ3n) is 5.85. The Labute approximate surface area is 169 Å². The van der Waals surface area contributed by atoms with Gasteiger partial charge in [-0.25, -0.2) is 9.37 Å². The average molecular weight is 397 g/mol. The molecule has 2 heterocycles. The number of rotatable bonds is 5. The number of amides is 1. The number of hydrogen-bond donors (Lipinski definition) is 3. The standard InChI is InChI=1S/C22H26FN5O/c1-26-11-13-28(14-12-26)10-9-21-25-19-15-18(7-8-20(19)27(21)2)24-22(29)16-3-5-17(23)6-4-16/h3-8,15H,9-14H2,1-2H3,(H,24,29)/p+2. The fourth-order valence-corrected chi connectivity index (χ4v) is 3.92. The van der Waals surface area contributed by atoms with Crippen molar-refractivity contribution >= 4 is 22.6 Å². The highest BCUT2D eigenvalue weighted by molar-refractivity contribution is 6.04. The van der Waals surface area contributed by atoms with E-state index in [9.17, 15) is 9.18 Å². The molecule has 0 atom stereocenters. The summed E-state index contributed by atoms with van der Waals surface area (Å²) in [6.07, 6.45) is 0.941. The van der Waals surface area contributed by atoms with E-state index in [2.05, 4.69) is 16.9 Å². The first-order valence-corrected chi connectivity index (χ1v) is 10.2. The maximum Gasteiger partial charge on any atom is 0.255 e. The van der Waals surface area contributed by atoms with Crippen molar-refractivity contribution in [2.45, 2.75) is 6.42 Å². The smallest absolute Gasteiger partial charge is 0.255 e. The van der Waals surface area contributed by atoms with Crippen molar-refractivity contribution in [3.63, 3.8) is 0 Å². The minimum absolute atomic E-state index is 0.263. The number of anilines is 1. The minimum atomic E-state index is -0.358. The van der Waals surface area contributed by atoms with Gasteiger partial charge in [0.25, 0.3) is 5.91 Å². The van der Waals surface area contributed by atoms with Crippen molar-refractivity contribution in [1.29, 1.82) is 0 Å². The molecule has 4 rings (SSSR count). The summed E-state index contributed by atoms with van der Waals surface area (Å²) in [5.41, 5.74) is 3.03. The van der Waals surface area contributed by atoms with Crippen molar-refractivity contribution in [1.82, 2.24) is 9.55 Å². The van der Waals surface area contributed by atoms with E-state index in [1.54, 1.807) is 9.80 Å². The molecule has 0 aliphatic carbocycles. The van der Waals surface area contributed by atoms with E-state index in [-0.39, 0.29) is 11.7 Å². The molecule has 152 valence electrons. The molecule has 3 aromatic rings. The van der Waals surface area contributed by atoms with Crippen molar-refractivity contribution in [3.05, 3.63) is 59.7 Å². The van der Waals surface area contributed by atoms with Crippen LogP contribution in [0.15, 0.2) is 42.5 Å². The average Bonchev–Trinajstić information content (AvgIpc) is 3.03. The highest BCUT2D eigenvalue weighted by Gasteiger charge is 2.20. The molecular weight excluding hydrogens is 369 g/mol. The molecule has 3 N–H and O–H groups in total. The molecule has 0 saturated carbocycles. The summed E-state index contributed by atoms with van der Waals surface area (Å²) in [5, 5.41) is 2.87. The number of nitrogens with zero attached hydrogens (tertiary/aromatic N) is 2. The van der Waals surface area contributed by atoms with Gasteiger partial charge in [0.1, 0.15) is 37.8 Å². The highest BCUT2D eigenvalue weighted by atomic mass is 19.1. The largest absolute Gasteiger partial charge is 0.331 e. The Morgan fingerprint density at radius 3 is 2.59 bits per heavy atom. The maximum atomic E-state index is 13.0. The van der Waals surface area contributed by atoms with Gasteiger partial charge >= 0.3 is 0 Å². The summed E-state index contributed by atoms with van der Waals surface area (Å²) in [6.45, 7) is 5.99. The topological polar surface area (TPSA) is 55.8 Å². The summed E-state index contributed by atoms with van der Waals surface area (Å²) < 4.78 is 15.2. The Morgan fingerprint density at radius 2 is 1.86 bits per heavy atom. The lowest BCUT2D eigenvalue weighted by Crippen LogP contribution is -3.27. The number of imidazole rings is 1. The molecule has 0 unspecified atom stereocenters. The maximum absolute atomic E-state index is 13.0. The lowest BCUT2D eigenvalue weighted by Gasteiger charge is -2.27. The zero-order chi connectivity index (χ0) is 20.4. The summed E-state index contributed by atoms with van der Waals surface area (Å²) in [7, 11) is 4.31. The molecular formula is C22H28FN5O+2. The predicted octanol–water partition coefficient (Wildman–Crippen LogP) is -0.0796. The molecule has 0 radical (unpaired) electrons. The van der Waals surface area contributed by atoms with Crippen LogP contribution in [-0.2, 0) is 13.5 Å². The van der Waals surface area contributed by atoms with Gasteiger partial charge in [-0.1, -0.05) is 0 Å². The molecule has 1 amide bonds. The molecule has 0 spiro atoms. The molecule has 29 heavy (non-hydrogen) atoms. The lowest BCUT2D eigenvalue weighted by atomic mass is 10.2. The van der Waals surface area contributed by atoms with Crippen LogP contribution in [0.3, 0.4) is 0 Å². The zero-order valence-electron chi connectivity index (χ0n) is 17.0. The Hall–Kier alpha value is -2.77. The Kier molecular flexibility index (Phi) is 5.60. The summed E-state index contributed by atoms with van der Waals surface area (Å²) in [4.78, 5) is 20.4. The van der Waals surface area contributed by atoms with E-state index < -0.39 is 0 Å². The Morgan fingerprint density at radius 1 is 1.14 bits per heavy atom. The molecule has 6 nitrogen and oxygen atoms in total. The number of carbonyl (C=O) groups is 1. The van der Waals surface area contributed by atoms with E-state index in [0.717, 1.165) is 29.8 Å². The number of piperazine rings is 1. The van der Waals surface area contributed by atoms with Crippen LogP contribution in [0, 0.1) is 5.82 Å². The first-order valence-electron chi connectivity index (χ1n) is 10.2. The minimum Gasteiger partial charge on any atom is -0.331 e. The molecule has 1 saturated heterocycles. The third-order valence-corrected chi connectivity index (χ3v) is 5.85. The zero-order valence-corrected chi connectivity index (χ0v) is 17.0. The molecule has 2 aromatic carbocycles. The fraction of sp³-hybridized carbons (Fsp3) is 0.364. The number of fused-ring (bicyclic) bond motifs is 1. The first kappa shape index (κ1) is 19.5. The Bertz CT molecular complexity index is 1010. The first-order chi connectivity index (χ1) is 14.0. The van der Waals surface area contributed by atoms with Gasteiger partial charge in [0.05, 0.1) is 31.0 Å². The van der Waals surface area contributed by atoms with E-state index in [1.165, 1.54) is 50.4 Å². The van der Waals surface area contributed by atoms with Crippen molar-refractivity contribution < 1.29 is 19.0 Å². The van der Waals surface area contributed by atoms with Crippen LogP contribution in [-0.4, -0.2) is 55.2 Å². The molecule has 1 fully saturated rings. The normalized spacial score (nSPS) is 19.4. The Balaban J connectivity index is 1.45. The molecule has 1 aliphatic heterocycles. The number of aromatic nitrogens is 2. The van der Waals surface area contributed by atoms with Gasteiger partial charge in [0.15, 0.2) is 0 Å². The second-order valence-corrected chi connectivity index (χ2v) is 7.96. The number of benzene rings is 2. The van der Waals surface area contributed by atoms with Crippen LogP contribution in [0.2, 0.25) is 0 Å². The number of quaternary nitrogens is 2. The quantitative estimate of drug-likeness (QED) is 0.564. The van der Waals surface area contributed by atoms with Crippen LogP contribution < -0.4 is 15.1 Å². The van der Waals surface area contributed by atoms with Crippen LogP contribution >= 0.6 is 0 Å². The molecule has 7 heteroatoms. The van der Waals surface area contributed by atoms with Gasteiger partial charge in [-0.2, -0.15) is 0 Å². The molecule has 0 bridgehead atoms. The number of carbonyl (C=O) groups excluding carboxylic acids is 1. The lowest BCUT2D eigenvalue weighted by molar-refractivity contribution is -1.00. The number of hydrogen-bond acceptors (Lipinski definition) is 2. The van der Waals surface area contributed by atoms with Crippen LogP contribution in [0.4, 0.5) is 10.1 Å². The van der Waals surface area contributed by atoms with Gasteiger partial charge in [-0.3, -0.25) is 4.79 Å². The van der Waals surface area contributed by atoms with Crippen molar-refractivity contribution in [3.8, 4) is 0 Å². The van der Waals surface area contributed by atoms with E-state index >= 15 is 0 Å². The monoisotopic (exact) mass is 397 g/mol. The number of nitrogens with one attached hydrogen (secondary N) is 3. The van der Waals surface area contributed by atoms with Crippen LogP contribution in [0.25, 0.3) is 11.0 Å². The van der Waals surface area contributed by atoms with E-state index in [1.807, 2.05) is 25.2 Å². The number of likely N-dealkylation sites (N-methyl/N-ethyl adjacent to an activating group) is 1. The SMILES string of the molecule is Cn1c(CC[NH+]2CC[NH+](C)CC2)nc2cc(NC(=O)c3ccc(F)cc3)ccc21. The van der Waals surface area contributed by atoms with Gasteiger partial charge in [-0.05, 0) is 42.5 Å². The molecule has 1 aliphatic rings. The summed E-state index contributed by atoms with van der Waals surface area (Å²) in [6, 6.07) is 11.3. The fourth-order valence-electron chi connectivity index (χ4n) is 3.92. The van der Waals surface area contributed by atoms with Gasteiger partial charge in [0.2, 0.25) is 0 Å². The predicted molar refractivity (Wildman–Crippen MR) is 111 cm³/mol. The van der Waals surface area contributed by atoms with E-state index in [4.69, 9.17) is 4.98 Å². The van der Waals surface area contributed by atoms with E-state index in [0.29, 0.717) is 11.3 Å². The van der Waals surface area contributed by atoms with Crippen molar-refractivity contribution in [2.24, 2.45) is 7.05 Å². The van der Waals surface area contributed by atoms with Crippen LogP contribution in [0.5, 0.6) is 0 Å². The van der Waals surface area contributed by atoms with Crippen molar-refractivity contribution in [2.75, 3.05) is 45.1 Å². The molecule has 1 aromatic heterocycles. The number of aryl methyl sites for hydroxylation is 1. The van der Waals surface area contributed by atoms with Gasteiger partial charge < -0.3 is 19.7 Å². The van der Waals surface area contributed by atoms with Gasteiger partial charge in [-0.15, -0.1) is 0 Å². The van der Waals surface area contributed by atoms with Crippen LogP contribution in [0.1, 0.15) is 16.2 Å². The van der Waals surface area contributed by atoms with Gasteiger partial charge in [0, 0.05) is 18.3 Å². The summed E-state index contributed by atoms with van der Waals surface area (Å²) in [5.74, 6) is 0.450. The number of halogens is 1.